The highest BCUT2D eigenvalue weighted by Crippen LogP contribution is 2.30. The maximum atomic E-state index is 10.8. The van der Waals surface area contributed by atoms with E-state index in [9.17, 15) is 10.1 Å². The van der Waals surface area contributed by atoms with Gasteiger partial charge in [0.05, 0.1) is 10.6 Å². The van der Waals surface area contributed by atoms with E-state index in [1.54, 1.807) is 12.1 Å². The van der Waals surface area contributed by atoms with Crippen LogP contribution in [0.25, 0.3) is 0 Å². The normalized spacial score (nSPS) is 22.9. The van der Waals surface area contributed by atoms with Crippen LogP contribution in [0.15, 0.2) is 18.2 Å². The predicted molar refractivity (Wildman–Crippen MR) is 89.3 cm³/mol. The molecule has 1 aliphatic heterocycles. The van der Waals surface area contributed by atoms with Crippen LogP contribution in [0.1, 0.15) is 26.7 Å². The molecule has 1 heterocycles. The highest BCUT2D eigenvalue weighted by atomic mass is 127. The van der Waals surface area contributed by atoms with Crippen LogP contribution in [0.4, 0.5) is 11.4 Å². The molecule has 0 aliphatic carbocycles. The average Bonchev–Trinajstić information content (AvgIpc) is 2.46. The van der Waals surface area contributed by atoms with Crippen molar-refractivity contribution in [3.8, 4) is 0 Å². The fourth-order valence-corrected chi connectivity index (χ4v) is 3.45. The number of nitrogens with one attached hydrogen (secondary N) is 1. The van der Waals surface area contributed by atoms with Crippen LogP contribution in [0.5, 0.6) is 0 Å². The molecule has 0 amide bonds. The smallest absolute Gasteiger partial charge is 0.270 e. The molecule has 2 rings (SSSR count). The molecule has 1 aromatic rings. The van der Waals surface area contributed by atoms with Crippen molar-refractivity contribution >= 4 is 34.0 Å². The molecule has 6 heteroatoms. The zero-order valence-corrected chi connectivity index (χ0v) is 14.0. The number of non-ortho nitro benzene ring substituents is 1. The number of hydrogen-bond donors (Lipinski definition) is 1. The summed E-state index contributed by atoms with van der Waals surface area (Å²) in [4.78, 5) is 12.9. The van der Waals surface area contributed by atoms with Gasteiger partial charge in [-0.2, -0.15) is 0 Å². The second-order valence-corrected chi connectivity index (χ2v) is 6.28. The van der Waals surface area contributed by atoms with Gasteiger partial charge in [0.25, 0.3) is 5.69 Å². The van der Waals surface area contributed by atoms with E-state index in [0.717, 1.165) is 35.2 Å². The van der Waals surface area contributed by atoms with Crippen LogP contribution >= 0.6 is 22.6 Å². The molecule has 110 valence electrons. The Kier molecular flexibility index (Phi) is 5.20. The quantitative estimate of drug-likeness (QED) is 0.488. The Morgan fingerprint density at radius 3 is 2.75 bits per heavy atom. The fourth-order valence-electron chi connectivity index (χ4n) is 2.64. The van der Waals surface area contributed by atoms with Gasteiger partial charge >= 0.3 is 0 Å². The molecule has 0 spiro atoms. The Bertz CT molecular complexity index is 495. The molecule has 5 nitrogen and oxygen atoms in total. The Hall–Kier alpha value is -0.890. The molecule has 0 aromatic heterocycles. The molecule has 0 saturated carbocycles. The third-order valence-corrected chi connectivity index (χ3v) is 4.78. The van der Waals surface area contributed by atoms with E-state index in [1.165, 1.54) is 0 Å². The molecule has 1 aromatic carbocycles. The largest absolute Gasteiger partial charge is 0.365 e. The maximum Gasteiger partial charge on any atom is 0.270 e. The molecule has 1 N–H and O–H groups in total. The zero-order valence-electron chi connectivity index (χ0n) is 11.8. The van der Waals surface area contributed by atoms with Gasteiger partial charge in [0.1, 0.15) is 0 Å². The van der Waals surface area contributed by atoms with Crippen molar-refractivity contribution in [2.75, 3.05) is 18.0 Å². The van der Waals surface area contributed by atoms with E-state index in [0.29, 0.717) is 12.1 Å². The molecule has 1 aliphatic rings. The monoisotopic (exact) mass is 389 g/mol. The molecule has 1 saturated heterocycles. The van der Waals surface area contributed by atoms with Crippen LogP contribution in [-0.4, -0.2) is 30.1 Å². The van der Waals surface area contributed by atoms with Crippen molar-refractivity contribution in [1.82, 2.24) is 5.32 Å². The summed E-state index contributed by atoms with van der Waals surface area (Å²) in [5.41, 5.74) is 1.27. The van der Waals surface area contributed by atoms with Crippen LogP contribution < -0.4 is 10.2 Å². The van der Waals surface area contributed by atoms with E-state index in [4.69, 9.17) is 0 Å². The van der Waals surface area contributed by atoms with Gasteiger partial charge in [-0.3, -0.25) is 10.1 Å². The summed E-state index contributed by atoms with van der Waals surface area (Å²) < 4.78 is 0.951. The lowest BCUT2D eigenvalue weighted by Crippen LogP contribution is -2.56. The molecule has 0 bridgehead atoms. The van der Waals surface area contributed by atoms with Crippen LogP contribution in [0.2, 0.25) is 0 Å². The molecule has 2 unspecified atom stereocenters. The van der Waals surface area contributed by atoms with Gasteiger partial charge < -0.3 is 10.2 Å². The van der Waals surface area contributed by atoms with Gasteiger partial charge in [0.2, 0.25) is 0 Å². The second-order valence-electron chi connectivity index (χ2n) is 5.12. The highest BCUT2D eigenvalue weighted by molar-refractivity contribution is 14.1. The number of anilines is 1. The van der Waals surface area contributed by atoms with Crippen LogP contribution in [0.3, 0.4) is 0 Å². The number of piperazine rings is 1. The molecular formula is C14H20IN3O2. The summed E-state index contributed by atoms with van der Waals surface area (Å²) in [5.74, 6) is 0. The van der Waals surface area contributed by atoms with E-state index in [2.05, 4.69) is 46.7 Å². The van der Waals surface area contributed by atoms with Gasteiger partial charge in [0, 0.05) is 40.9 Å². The van der Waals surface area contributed by atoms with Gasteiger partial charge in [-0.25, -0.2) is 0 Å². The number of halogens is 1. The predicted octanol–water partition coefficient (Wildman–Crippen LogP) is 3.17. The van der Waals surface area contributed by atoms with E-state index in [1.807, 2.05) is 6.07 Å². The number of nitro groups is 1. The first-order chi connectivity index (χ1) is 9.56. The summed E-state index contributed by atoms with van der Waals surface area (Å²) in [5, 5.41) is 14.4. The first-order valence-electron chi connectivity index (χ1n) is 7.00. The molecule has 1 fully saturated rings. The topological polar surface area (TPSA) is 58.4 Å². The highest BCUT2D eigenvalue weighted by Gasteiger charge is 2.27. The zero-order chi connectivity index (χ0) is 14.7. The summed E-state index contributed by atoms with van der Waals surface area (Å²) in [6, 6.07) is 6.09. The van der Waals surface area contributed by atoms with Crippen molar-refractivity contribution in [2.45, 2.75) is 38.8 Å². The van der Waals surface area contributed by atoms with Crippen molar-refractivity contribution in [3.05, 3.63) is 31.9 Å². The maximum absolute atomic E-state index is 10.8. The SMILES string of the molecule is CCC1CN(c2ccc([N+](=O)[O-])cc2I)C(CC)CN1. The molecule has 2 atom stereocenters. The summed E-state index contributed by atoms with van der Waals surface area (Å²) >= 11 is 2.20. The molecule has 20 heavy (non-hydrogen) atoms. The van der Waals surface area contributed by atoms with Crippen LogP contribution in [-0.2, 0) is 0 Å². The number of benzene rings is 1. The standard InChI is InChI=1S/C14H20IN3O2/c1-3-10-9-17(11(4-2)8-16-10)14-6-5-12(18(19)20)7-13(14)15/h5-7,10-11,16H,3-4,8-9H2,1-2H3. The first kappa shape index (κ1) is 15.5. The summed E-state index contributed by atoms with van der Waals surface area (Å²) in [6.07, 6.45) is 2.16. The Morgan fingerprint density at radius 1 is 1.45 bits per heavy atom. The van der Waals surface area contributed by atoms with Crippen molar-refractivity contribution in [2.24, 2.45) is 0 Å². The number of rotatable bonds is 4. The Labute approximate surface area is 133 Å². The van der Waals surface area contributed by atoms with E-state index in [-0.39, 0.29) is 10.6 Å². The van der Waals surface area contributed by atoms with Gasteiger partial charge in [0.15, 0.2) is 0 Å². The Morgan fingerprint density at radius 2 is 2.20 bits per heavy atom. The fraction of sp³-hybridized carbons (Fsp3) is 0.571. The Balaban J connectivity index is 2.29. The van der Waals surface area contributed by atoms with E-state index < -0.39 is 0 Å². The lowest BCUT2D eigenvalue weighted by atomic mass is 10.0. The summed E-state index contributed by atoms with van der Waals surface area (Å²) in [7, 11) is 0. The number of nitro benzene ring substituents is 1. The van der Waals surface area contributed by atoms with Crippen molar-refractivity contribution in [1.29, 1.82) is 0 Å². The van der Waals surface area contributed by atoms with Crippen molar-refractivity contribution in [3.63, 3.8) is 0 Å². The molecular weight excluding hydrogens is 369 g/mol. The summed E-state index contributed by atoms with van der Waals surface area (Å²) in [6.45, 7) is 6.30. The minimum atomic E-state index is -0.337. The van der Waals surface area contributed by atoms with E-state index >= 15 is 0 Å². The van der Waals surface area contributed by atoms with Crippen molar-refractivity contribution < 1.29 is 4.92 Å². The lowest BCUT2D eigenvalue weighted by molar-refractivity contribution is -0.384. The number of hydrogen-bond acceptors (Lipinski definition) is 4. The number of nitrogens with zero attached hydrogens (tertiary/aromatic N) is 2. The van der Waals surface area contributed by atoms with Gasteiger partial charge in [-0.05, 0) is 41.5 Å². The minimum absolute atomic E-state index is 0.161. The minimum Gasteiger partial charge on any atom is -0.365 e. The first-order valence-corrected chi connectivity index (χ1v) is 8.08. The molecule has 0 radical (unpaired) electrons. The second kappa shape index (κ2) is 6.71. The van der Waals surface area contributed by atoms with Crippen LogP contribution in [0, 0.1) is 13.7 Å². The van der Waals surface area contributed by atoms with Gasteiger partial charge in [-0.1, -0.05) is 13.8 Å². The van der Waals surface area contributed by atoms with Gasteiger partial charge in [-0.15, -0.1) is 0 Å². The third-order valence-electron chi connectivity index (χ3n) is 3.92. The third kappa shape index (κ3) is 3.22. The average molecular weight is 389 g/mol. The lowest BCUT2D eigenvalue weighted by Gasteiger charge is -2.42.